The zero-order valence-corrected chi connectivity index (χ0v) is 11.1. The van der Waals surface area contributed by atoms with Crippen molar-refractivity contribution in [2.24, 2.45) is 0 Å². The molecule has 0 atom stereocenters. The molecule has 96 valence electrons. The van der Waals surface area contributed by atoms with E-state index in [0.29, 0.717) is 5.76 Å². The molecule has 0 saturated carbocycles. The monoisotopic (exact) mass is 238 g/mol. The average molecular weight is 238 g/mol. The fourth-order valence-electron chi connectivity index (χ4n) is 1.02. The lowest BCUT2D eigenvalue weighted by Crippen LogP contribution is -2.08. The van der Waals surface area contributed by atoms with E-state index in [4.69, 9.17) is 9.84 Å². The van der Waals surface area contributed by atoms with Gasteiger partial charge in [-0.25, -0.2) is 4.79 Å². The van der Waals surface area contributed by atoms with Crippen LogP contribution in [0.3, 0.4) is 0 Å². The molecule has 0 bridgehead atoms. The van der Waals surface area contributed by atoms with E-state index in [2.05, 4.69) is 13.2 Å². The third-order valence-corrected chi connectivity index (χ3v) is 1.73. The third-order valence-electron chi connectivity index (χ3n) is 1.73. The Morgan fingerprint density at radius 3 is 2.18 bits per heavy atom. The van der Waals surface area contributed by atoms with Gasteiger partial charge in [0.05, 0.1) is 0 Å². The number of carboxylic acid groups (broad SMARTS) is 1. The van der Waals surface area contributed by atoms with Crippen molar-refractivity contribution in [2.75, 3.05) is 6.61 Å². The van der Waals surface area contributed by atoms with Gasteiger partial charge in [-0.1, -0.05) is 45.2 Å². The normalized spacial score (nSPS) is 11.6. The zero-order valence-electron chi connectivity index (χ0n) is 11.1. The number of carbonyl (C=O) groups is 1. The van der Waals surface area contributed by atoms with E-state index in [1.807, 2.05) is 27.7 Å². The van der Waals surface area contributed by atoms with Crippen molar-refractivity contribution in [2.45, 2.75) is 27.7 Å². The lowest BCUT2D eigenvalue weighted by Gasteiger charge is -2.11. The maximum absolute atomic E-state index is 10.4. The molecule has 1 N–H and O–H groups in total. The summed E-state index contributed by atoms with van der Waals surface area (Å²) in [4.78, 5) is 10.4. The first-order valence-corrected chi connectivity index (χ1v) is 5.50. The highest BCUT2D eigenvalue weighted by atomic mass is 16.5. The van der Waals surface area contributed by atoms with Gasteiger partial charge in [-0.3, -0.25) is 0 Å². The molecule has 0 spiro atoms. The Morgan fingerprint density at radius 2 is 1.82 bits per heavy atom. The number of ether oxygens (including phenoxy) is 1. The van der Waals surface area contributed by atoms with E-state index in [1.54, 1.807) is 18.2 Å². The van der Waals surface area contributed by atoms with Gasteiger partial charge in [-0.05, 0) is 25.0 Å². The molecule has 0 amide bonds. The van der Waals surface area contributed by atoms with Crippen LogP contribution in [0.4, 0.5) is 0 Å². The molecule has 3 nitrogen and oxygen atoms in total. The molecule has 0 aliphatic heterocycles. The van der Waals surface area contributed by atoms with E-state index in [-0.39, 0.29) is 6.61 Å². The Labute approximate surface area is 104 Å². The number of aliphatic carboxylic acids is 1. The van der Waals surface area contributed by atoms with Gasteiger partial charge in [0.2, 0.25) is 0 Å². The minimum atomic E-state index is -1.00. The van der Waals surface area contributed by atoms with Gasteiger partial charge in [0.1, 0.15) is 5.76 Å². The molecule has 17 heavy (non-hydrogen) atoms. The summed E-state index contributed by atoms with van der Waals surface area (Å²) in [5.74, 6) is -0.469. The van der Waals surface area contributed by atoms with Crippen molar-refractivity contribution in [3.8, 4) is 0 Å². The van der Waals surface area contributed by atoms with Crippen LogP contribution in [0.5, 0.6) is 0 Å². The highest BCUT2D eigenvalue weighted by Gasteiger charge is 2.06. The fraction of sp³-hybridized carbons (Fsp3) is 0.357. The van der Waals surface area contributed by atoms with Crippen molar-refractivity contribution >= 4 is 5.97 Å². The van der Waals surface area contributed by atoms with Crippen LogP contribution >= 0.6 is 0 Å². The van der Waals surface area contributed by atoms with Gasteiger partial charge in [-0.2, -0.15) is 0 Å². The van der Waals surface area contributed by atoms with Crippen molar-refractivity contribution in [3.63, 3.8) is 0 Å². The molecule has 0 aliphatic rings. The molecular weight excluding hydrogens is 216 g/mol. The molecule has 0 heterocycles. The number of carboxylic acids is 1. The maximum atomic E-state index is 10.4. The van der Waals surface area contributed by atoms with Crippen molar-refractivity contribution in [3.05, 3.63) is 48.3 Å². The first-order chi connectivity index (χ1) is 8.02. The molecule has 0 aromatic carbocycles. The lowest BCUT2D eigenvalue weighted by atomic mass is 10.1. The molecule has 0 rings (SSSR count). The smallest absolute Gasteiger partial charge is 0.341 e. The second kappa shape index (κ2) is 10.7. The molecule has 0 aromatic heterocycles. The van der Waals surface area contributed by atoms with Gasteiger partial charge in [0.15, 0.2) is 6.61 Å². The molecule has 3 heteroatoms. The summed E-state index contributed by atoms with van der Waals surface area (Å²) >= 11 is 0. The number of rotatable bonds is 6. The quantitative estimate of drug-likeness (QED) is 0.567. The highest BCUT2D eigenvalue weighted by Crippen LogP contribution is 2.16. The Bertz CT molecular complexity index is 322. The molecule has 0 aliphatic carbocycles. The van der Waals surface area contributed by atoms with Gasteiger partial charge in [0.25, 0.3) is 0 Å². The SMILES string of the molecule is C=C/C=C(C)\C(OCC(=O)O)=C(\C)C=C.CC. The van der Waals surface area contributed by atoms with Gasteiger partial charge >= 0.3 is 5.97 Å². The van der Waals surface area contributed by atoms with Gasteiger partial charge < -0.3 is 9.84 Å². The summed E-state index contributed by atoms with van der Waals surface area (Å²) < 4.78 is 5.16. The van der Waals surface area contributed by atoms with Crippen LogP contribution < -0.4 is 0 Å². The van der Waals surface area contributed by atoms with E-state index in [1.165, 1.54) is 0 Å². The number of hydrogen-bond acceptors (Lipinski definition) is 2. The molecular formula is C14H22O3. The predicted octanol–water partition coefficient (Wildman–Crippen LogP) is 3.71. The molecule has 0 unspecified atom stereocenters. The van der Waals surface area contributed by atoms with Crippen molar-refractivity contribution in [1.29, 1.82) is 0 Å². The van der Waals surface area contributed by atoms with Crippen LogP contribution in [0.15, 0.2) is 48.3 Å². The van der Waals surface area contributed by atoms with Crippen LogP contribution in [-0.2, 0) is 9.53 Å². The molecule has 0 radical (unpaired) electrons. The minimum Gasteiger partial charge on any atom is -0.481 e. The summed E-state index contributed by atoms with van der Waals surface area (Å²) in [6, 6.07) is 0. The third kappa shape index (κ3) is 8.08. The second-order valence-corrected chi connectivity index (χ2v) is 2.98. The van der Waals surface area contributed by atoms with E-state index >= 15 is 0 Å². The minimum absolute atomic E-state index is 0.358. The number of hydrogen-bond donors (Lipinski definition) is 1. The van der Waals surface area contributed by atoms with E-state index in [9.17, 15) is 4.79 Å². The Morgan fingerprint density at radius 1 is 1.29 bits per heavy atom. The Hall–Kier alpha value is -1.77. The van der Waals surface area contributed by atoms with Gasteiger partial charge in [-0.15, -0.1) is 0 Å². The van der Waals surface area contributed by atoms with Crippen LogP contribution in [0, 0.1) is 0 Å². The first-order valence-electron chi connectivity index (χ1n) is 5.50. The maximum Gasteiger partial charge on any atom is 0.341 e. The van der Waals surface area contributed by atoms with E-state index < -0.39 is 5.97 Å². The topological polar surface area (TPSA) is 46.5 Å². The van der Waals surface area contributed by atoms with Crippen molar-refractivity contribution in [1.82, 2.24) is 0 Å². The predicted molar refractivity (Wildman–Crippen MR) is 71.8 cm³/mol. The molecule has 0 aromatic rings. The first kappa shape index (κ1) is 17.6. The lowest BCUT2D eigenvalue weighted by molar-refractivity contribution is -0.140. The summed E-state index contributed by atoms with van der Waals surface area (Å²) in [5, 5.41) is 8.52. The number of allylic oxidation sites excluding steroid dienone is 5. The average Bonchev–Trinajstić information content (AvgIpc) is 2.31. The summed E-state index contributed by atoms with van der Waals surface area (Å²) in [5.41, 5.74) is 1.62. The second-order valence-electron chi connectivity index (χ2n) is 2.98. The standard InChI is InChI=1S/C12H16O3.C2H6/c1-5-7-10(4)12(9(3)6-2)15-8-11(13)14;1-2/h5-7H,1-2,8H2,3-4H3,(H,13,14);1-2H3/b10-7-,12-9+;. The Kier molecular flexibility index (Phi) is 11.1. The van der Waals surface area contributed by atoms with Crippen molar-refractivity contribution < 1.29 is 14.6 Å². The molecule has 0 saturated heterocycles. The van der Waals surface area contributed by atoms with Gasteiger partial charge in [0, 0.05) is 0 Å². The fourth-order valence-corrected chi connectivity index (χ4v) is 1.02. The largest absolute Gasteiger partial charge is 0.481 e. The highest BCUT2D eigenvalue weighted by molar-refractivity contribution is 5.68. The van der Waals surface area contributed by atoms with Crippen LogP contribution in [-0.4, -0.2) is 17.7 Å². The van der Waals surface area contributed by atoms with Crippen LogP contribution in [0.2, 0.25) is 0 Å². The summed E-state index contributed by atoms with van der Waals surface area (Å²) in [7, 11) is 0. The molecule has 0 fully saturated rings. The summed E-state index contributed by atoms with van der Waals surface area (Å²) in [6.45, 7) is 14.5. The summed E-state index contributed by atoms with van der Waals surface area (Å²) in [6.07, 6.45) is 5.00. The zero-order chi connectivity index (χ0) is 13.8. The van der Waals surface area contributed by atoms with Crippen LogP contribution in [0.1, 0.15) is 27.7 Å². The van der Waals surface area contributed by atoms with E-state index in [0.717, 1.165) is 11.1 Å². The van der Waals surface area contributed by atoms with Crippen LogP contribution in [0.25, 0.3) is 0 Å². The Balaban J connectivity index is 0.